The first-order valence-corrected chi connectivity index (χ1v) is 13.9. The number of aliphatic hydroxyl groups is 2. The highest BCUT2D eigenvalue weighted by atomic mass is 32.2. The van der Waals surface area contributed by atoms with Crippen molar-refractivity contribution in [3.05, 3.63) is 125 Å². The zero-order chi connectivity index (χ0) is 29.8. The number of allylic oxidation sites excluding steroid dienone is 4. The van der Waals surface area contributed by atoms with Crippen LogP contribution in [0, 0.1) is 12.7 Å². The lowest BCUT2D eigenvalue weighted by atomic mass is 9.94. The van der Waals surface area contributed by atoms with E-state index in [0.717, 1.165) is 11.1 Å². The smallest absolute Gasteiger partial charge is 0.143 e. The fraction of sp³-hybridized carbons (Fsp3) is 0.242. The van der Waals surface area contributed by atoms with Gasteiger partial charge in [-0.15, -0.1) is 11.8 Å². The van der Waals surface area contributed by atoms with E-state index in [1.165, 1.54) is 66.7 Å². The van der Waals surface area contributed by atoms with Gasteiger partial charge in [0.1, 0.15) is 28.9 Å². The minimum absolute atomic E-state index is 0.0489. The molecule has 0 aliphatic heterocycles. The zero-order valence-corrected chi connectivity index (χ0v) is 24.0. The summed E-state index contributed by atoms with van der Waals surface area (Å²) < 4.78 is 13.0. The van der Waals surface area contributed by atoms with Crippen LogP contribution in [-0.4, -0.2) is 37.2 Å². The van der Waals surface area contributed by atoms with E-state index >= 15 is 0 Å². The Balaban J connectivity index is 0.000000319. The zero-order valence-electron chi connectivity index (χ0n) is 23.2. The highest BCUT2D eigenvalue weighted by molar-refractivity contribution is 8.00. The molecule has 0 aliphatic carbocycles. The van der Waals surface area contributed by atoms with Crippen LogP contribution in [0.3, 0.4) is 0 Å². The number of thioether (sulfide) groups is 1. The number of Topliss-reactive ketones (excluding diaryl/α,β-unsaturated/α-hetero) is 1. The summed E-state index contributed by atoms with van der Waals surface area (Å²) in [5.41, 5.74) is 4.45. The van der Waals surface area contributed by atoms with E-state index in [9.17, 15) is 29.6 Å². The molecule has 3 aromatic carbocycles. The van der Waals surface area contributed by atoms with Crippen molar-refractivity contribution in [1.29, 1.82) is 0 Å². The second kappa shape index (κ2) is 15.7. The molecule has 7 heteroatoms. The molecule has 0 radical (unpaired) electrons. The van der Waals surface area contributed by atoms with Crippen molar-refractivity contribution >= 4 is 23.1 Å². The number of benzene rings is 3. The van der Waals surface area contributed by atoms with Gasteiger partial charge in [0.2, 0.25) is 0 Å². The Morgan fingerprint density at radius 2 is 1.68 bits per heavy atom. The molecule has 0 aromatic heterocycles. The van der Waals surface area contributed by atoms with Crippen LogP contribution in [0.2, 0.25) is 0 Å². The van der Waals surface area contributed by atoms with Gasteiger partial charge in [-0.2, -0.15) is 0 Å². The fourth-order valence-corrected chi connectivity index (χ4v) is 5.22. The maximum Gasteiger partial charge on any atom is 0.143 e. The quantitative estimate of drug-likeness (QED) is 0.148. The Morgan fingerprint density at radius 1 is 1.05 bits per heavy atom. The molecular formula is C33H37FO5S. The lowest BCUT2D eigenvalue weighted by Gasteiger charge is -2.23. The largest absolute Gasteiger partial charge is 0.508 e. The normalized spacial score (nSPS) is 13.9. The Bertz CT molecular complexity index is 1330. The van der Waals surface area contributed by atoms with Crippen LogP contribution in [0.25, 0.3) is 5.57 Å². The Morgan fingerprint density at radius 3 is 2.20 bits per heavy atom. The molecule has 0 bridgehead atoms. The Labute approximate surface area is 240 Å². The summed E-state index contributed by atoms with van der Waals surface area (Å²) in [6, 6.07) is 18.1. The summed E-state index contributed by atoms with van der Waals surface area (Å²) in [5, 5.41) is 38.6. The molecule has 212 valence electrons. The molecule has 3 rings (SSSR count). The first-order valence-electron chi connectivity index (χ1n) is 12.8. The summed E-state index contributed by atoms with van der Waals surface area (Å²) in [6.07, 6.45) is 4.27. The molecule has 40 heavy (non-hydrogen) atoms. The number of phenolic OH excluding ortho intramolecular Hbond substituents is 2. The molecule has 0 amide bonds. The van der Waals surface area contributed by atoms with Crippen LogP contribution in [0.15, 0.2) is 97.3 Å². The molecule has 0 saturated heterocycles. The van der Waals surface area contributed by atoms with Gasteiger partial charge >= 0.3 is 0 Å². The van der Waals surface area contributed by atoms with Crippen molar-refractivity contribution < 1.29 is 29.6 Å². The van der Waals surface area contributed by atoms with Gasteiger partial charge in [-0.25, -0.2) is 4.39 Å². The Hall–Kier alpha value is -3.81. The molecule has 2 unspecified atom stereocenters. The number of hydrogen-bond donors (Lipinski definition) is 4. The number of carbonyl (C=O) groups is 1. The summed E-state index contributed by atoms with van der Waals surface area (Å²) in [7, 11) is 0. The molecule has 0 aliphatic rings. The van der Waals surface area contributed by atoms with Crippen LogP contribution in [-0.2, 0) is 4.79 Å². The van der Waals surface area contributed by atoms with Gasteiger partial charge < -0.3 is 20.4 Å². The van der Waals surface area contributed by atoms with Crippen LogP contribution in [0.4, 0.5) is 4.39 Å². The third-order valence-electron chi connectivity index (χ3n) is 6.26. The molecule has 0 spiro atoms. The van der Waals surface area contributed by atoms with Crippen molar-refractivity contribution in [3.63, 3.8) is 0 Å². The standard InChI is InChI=1S/C19H21FO4S.C14H16O/c1-11(16-8-7-15(22)9-17(16)23)19(12(2)21)25-10-18(24)13-3-5-14(20)6-4-13;1-4-12(10-14(15)5-2)13-8-6-11(3)7-9-13/h3-9,11,18-19,22-24H,10H2,1-2H3;4-10,15H,2H2,1,3H3/b;12-4+,14-10+/t11?,18?,19-;/m1./s1. The molecule has 3 atom stereocenters. The van der Waals surface area contributed by atoms with Crippen molar-refractivity contribution in [3.8, 4) is 11.5 Å². The summed E-state index contributed by atoms with van der Waals surface area (Å²) in [5.74, 6) is -0.422. The number of aromatic hydroxyl groups is 2. The van der Waals surface area contributed by atoms with E-state index < -0.39 is 11.4 Å². The number of carbonyl (C=O) groups excluding carboxylic acids is 1. The number of aliphatic hydroxyl groups excluding tert-OH is 2. The number of ketones is 1. The van der Waals surface area contributed by atoms with Crippen molar-refractivity contribution in [2.24, 2.45) is 0 Å². The first-order chi connectivity index (χ1) is 19.0. The van der Waals surface area contributed by atoms with Gasteiger partial charge in [0.05, 0.1) is 11.4 Å². The van der Waals surface area contributed by atoms with Crippen molar-refractivity contribution in [2.75, 3.05) is 5.75 Å². The van der Waals surface area contributed by atoms with Gasteiger partial charge in [0, 0.05) is 17.7 Å². The van der Waals surface area contributed by atoms with Crippen LogP contribution in [0.1, 0.15) is 55.0 Å². The lowest BCUT2D eigenvalue weighted by Crippen LogP contribution is -2.22. The van der Waals surface area contributed by atoms with E-state index in [2.05, 4.69) is 25.6 Å². The third kappa shape index (κ3) is 9.74. The molecule has 4 N–H and O–H groups in total. The highest BCUT2D eigenvalue weighted by Gasteiger charge is 2.27. The lowest BCUT2D eigenvalue weighted by molar-refractivity contribution is -0.116. The molecule has 0 heterocycles. The second-order valence-electron chi connectivity index (χ2n) is 9.35. The van der Waals surface area contributed by atoms with Gasteiger partial charge in [0.15, 0.2) is 0 Å². The second-order valence-corrected chi connectivity index (χ2v) is 10.5. The van der Waals surface area contributed by atoms with Crippen LogP contribution in [0.5, 0.6) is 11.5 Å². The minimum atomic E-state index is -0.826. The summed E-state index contributed by atoms with van der Waals surface area (Å²) in [4.78, 5) is 12.0. The fourth-order valence-electron chi connectivity index (χ4n) is 3.97. The number of hydrogen-bond acceptors (Lipinski definition) is 6. The maximum atomic E-state index is 13.0. The van der Waals surface area contributed by atoms with Crippen LogP contribution < -0.4 is 0 Å². The van der Waals surface area contributed by atoms with E-state index in [1.54, 1.807) is 12.1 Å². The number of rotatable bonds is 10. The molecule has 0 saturated carbocycles. The number of halogens is 1. The number of phenols is 2. The maximum absolute atomic E-state index is 13.0. The van der Waals surface area contributed by atoms with Crippen LogP contribution >= 0.6 is 11.8 Å². The predicted octanol–water partition coefficient (Wildman–Crippen LogP) is 7.79. The topological polar surface area (TPSA) is 98.0 Å². The monoisotopic (exact) mass is 564 g/mol. The predicted molar refractivity (Wildman–Crippen MR) is 162 cm³/mol. The molecule has 0 fully saturated rings. The highest BCUT2D eigenvalue weighted by Crippen LogP contribution is 2.37. The summed E-state index contributed by atoms with van der Waals surface area (Å²) >= 11 is 1.29. The minimum Gasteiger partial charge on any atom is -0.508 e. The van der Waals surface area contributed by atoms with Gasteiger partial charge in [0.25, 0.3) is 0 Å². The third-order valence-corrected chi connectivity index (χ3v) is 7.86. The average molecular weight is 565 g/mol. The van der Waals surface area contributed by atoms with Gasteiger partial charge in [-0.1, -0.05) is 67.6 Å². The van der Waals surface area contributed by atoms with E-state index in [1.807, 2.05) is 32.1 Å². The van der Waals surface area contributed by atoms with Gasteiger partial charge in [-0.05, 0) is 73.4 Å². The van der Waals surface area contributed by atoms with Crippen molar-refractivity contribution in [1.82, 2.24) is 0 Å². The van der Waals surface area contributed by atoms with E-state index in [-0.39, 0.29) is 40.5 Å². The van der Waals surface area contributed by atoms with Crippen molar-refractivity contribution in [2.45, 2.75) is 45.0 Å². The SMILES string of the molecule is C=C/C(O)=C\C(=C/C)c1ccc(C)cc1.CC(=O)[C@H](SCC(O)c1ccc(F)cc1)C(C)c1ccc(O)cc1O. The molecular weight excluding hydrogens is 527 g/mol. The first kappa shape index (κ1) is 32.4. The van der Waals surface area contributed by atoms with E-state index in [0.29, 0.717) is 11.1 Å². The van der Waals surface area contributed by atoms with Gasteiger partial charge in [-0.3, -0.25) is 4.79 Å². The molecule has 5 nitrogen and oxygen atoms in total. The average Bonchev–Trinajstić information content (AvgIpc) is 2.92. The molecule has 3 aromatic rings. The number of aryl methyl sites for hydroxylation is 1. The summed E-state index contributed by atoms with van der Waals surface area (Å²) in [6.45, 7) is 10.8. The Kier molecular flexibility index (Phi) is 12.7. The van der Waals surface area contributed by atoms with E-state index in [4.69, 9.17) is 0 Å².